The number of amides is 3. The Balaban J connectivity index is 1.53. The van der Waals surface area contributed by atoms with Gasteiger partial charge in [-0.1, -0.05) is 30.3 Å². The van der Waals surface area contributed by atoms with Crippen LogP contribution < -0.4 is 10.2 Å². The monoisotopic (exact) mass is 407 g/mol. The molecule has 1 atom stereocenters. The van der Waals surface area contributed by atoms with Crippen molar-refractivity contribution in [1.82, 2.24) is 20.2 Å². The second-order valence-corrected chi connectivity index (χ2v) is 7.85. The molecule has 8 heteroatoms. The van der Waals surface area contributed by atoms with Crippen molar-refractivity contribution in [2.45, 2.75) is 39.2 Å². The second-order valence-electron chi connectivity index (χ2n) is 7.85. The summed E-state index contributed by atoms with van der Waals surface area (Å²) in [4.78, 5) is 48.9. The fraction of sp³-hybridized carbons (Fsp3) is 0.409. The van der Waals surface area contributed by atoms with Crippen molar-refractivity contribution in [3.63, 3.8) is 0 Å². The fourth-order valence-electron chi connectivity index (χ4n) is 4.02. The van der Waals surface area contributed by atoms with Crippen molar-refractivity contribution >= 4 is 23.5 Å². The number of aromatic nitrogens is 2. The van der Waals surface area contributed by atoms with Gasteiger partial charge in [-0.15, -0.1) is 0 Å². The van der Waals surface area contributed by atoms with Crippen LogP contribution in [0.5, 0.6) is 0 Å². The number of hydrogen-bond acceptors (Lipinski definition) is 5. The Morgan fingerprint density at radius 1 is 1.20 bits per heavy atom. The standard InChI is InChI=1S/C22H25N5O3/c1-14-18-10-19(29)27(12-16-6-4-3-5-7-16)22(18)25-21(24-14)17-8-9-26(13-17)20(30)11-23-15(2)28/h3-7,17H,8-13H2,1-2H3,(H,23,28). The maximum Gasteiger partial charge on any atom is 0.241 e. The molecule has 3 amide bonds. The Hall–Kier alpha value is -3.29. The summed E-state index contributed by atoms with van der Waals surface area (Å²) in [6.45, 7) is 4.92. The van der Waals surface area contributed by atoms with E-state index in [9.17, 15) is 14.4 Å². The van der Waals surface area contributed by atoms with Crippen LogP contribution in [0.3, 0.4) is 0 Å². The first-order chi connectivity index (χ1) is 14.4. The van der Waals surface area contributed by atoms with Gasteiger partial charge in [-0.25, -0.2) is 9.97 Å². The van der Waals surface area contributed by atoms with Gasteiger partial charge in [0.2, 0.25) is 17.7 Å². The molecule has 1 aromatic carbocycles. The maximum atomic E-state index is 12.7. The van der Waals surface area contributed by atoms with Crippen LogP contribution in [0.2, 0.25) is 0 Å². The number of fused-ring (bicyclic) bond motifs is 1. The molecule has 156 valence electrons. The predicted octanol–water partition coefficient (Wildman–Crippen LogP) is 1.33. The average molecular weight is 407 g/mol. The summed E-state index contributed by atoms with van der Waals surface area (Å²) in [5.41, 5.74) is 2.75. The number of anilines is 1. The van der Waals surface area contributed by atoms with Gasteiger partial charge in [0, 0.05) is 37.2 Å². The van der Waals surface area contributed by atoms with Crippen molar-refractivity contribution in [3.8, 4) is 0 Å². The molecular weight excluding hydrogens is 382 g/mol. The molecule has 2 aromatic rings. The van der Waals surface area contributed by atoms with E-state index < -0.39 is 0 Å². The van der Waals surface area contributed by atoms with Gasteiger partial charge < -0.3 is 10.2 Å². The highest BCUT2D eigenvalue weighted by Gasteiger charge is 2.34. The summed E-state index contributed by atoms with van der Waals surface area (Å²) in [6, 6.07) is 9.86. The van der Waals surface area contributed by atoms with Gasteiger partial charge in [-0.2, -0.15) is 0 Å². The van der Waals surface area contributed by atoms with E-state index in [0.29, 0.717) is 37.7 Å². The lowest BCUT2D eigenvalue weighted by molar-refractivity contribution is -0.131. The topological polar surface area (TPSA) is 95.5 Å². The van der Waals surface area contributed by atoms with E-state index in [0.717, 1.165) is 23.2 Å². The number of carbonyl (C=O) groups is 3. The minimum Gasteiger partial charge on any atom is -0.347 e. The first-order valence-electron chi connectivity index (χ1n) is 10.2. The third-order valence-electron chi connectivity index (χ3n) is 5.67. The summed E-state index contributed by atoms with van der Waals surface area (Å²) in [5.74, 6) is 1.08. The molecule has 0 saturated carbocycles. The van der Waals surface area contributed by atoms with Gasteiger partial charge in [0.05, 0.1) is 19.5 Å². The molecular formula is C22H25N5O3. The zero-order valence-electron chi connectivity index (χ0n) is 17.2. The van der Waals surface area contributed by atoms with E-state index in [4.69, 9.17) is 4.98 Å². The Bertz CT molecular complexity index is 992. The van der Waals surface area contributed by atoms with Crippen molar-refractivity contribution < 1.29 is 14.4 Å². The number of hydrogen-bond donors (Lipinski definition) is 1. The molecule has 1 aromatic heterocycles. The lowest BCUT2D eigenvalue weighted by atomic mass is 10.1. The highest BCUT2D eigenvalue weighted by molar-refractivity contribution is 6.00. The quantitative estimate of drug-likeness (QED) is 0.807. The van der Waals surface area contributed by atoms with Crippen molar-refractivity contribution in [3.05, 3.63) is 53.0 Å². The Kier molecular flexibility index (Phi) is 5.48. The molecule has 2 aliphatic heterocycles. The highest BCUT2D eigenvalue weighted by Crippen LogP contribution is 2.33. The van der Waals surface area contributed by atoms with Crippen LogP contribution in [-0.2, 0) is 27.3 Å². The molecule has 30 heavy (non-hydrogen) atoms. The smallest absolute Gasteiger partial charge is 0.241 e. The highest BCUT2D eigenvalue weighted by atomic mass is 16.2. The second kappa shape index (κ2) is 8.22. The van der Waals surface area contributed by atoms with Crippen molar-refractivity contribution in [2.24, 2.45) is 0 Å². The number of carbonyl (C=O) groups excluding carboxylic acids is 3. The summed E-state index contributed by atoms with van der Waals surface area (Å²) < 4.78 is 0. The van der Waals surface area contributed by atoms with Crippen LogP contribution >= 0.6 is 0 Å². The number of likely N-dealkylation sites (tertiary alicyclic amines) is 1. The zero-order chi connectivity index (χ0) is 21.3. The van der Waals surface area contributed by atoms with Gasteiger partial charge >= 0.3 is 0 Å². The molecule has 0 aliphatic carbocycles. The number of nitrogens with one attached hydrogen (secondary N) is 1. The Morgan fingerprint density at radius 3 is 2.70 bits per heavy atom. The minimum atomic E-state index is -0.222. The lowest BCUT2D eigenvalue weighted by Crippen LogP contribution is -2.38. The largest absolute Gasteiger partial charge is 0.347 e. The number of aryl methyl sites for hydroxylation is 1. The minimum absolute atomic E-state index is 0.00544. The normalized spacial score (nSPS) is 17.9. The van der Waals surface area contributed by atoms with Crippen LogP contribution in [-0.4, -0.2) is 52.2 Å². The number of benzene rings is 1. The summed E-state index contributed by atoms with van der Waals surface area (Å²) >= 11 is 0. The Labute approximate surface area is 175 Å². The third-order valence-corrected chi connectivity index (χ3v) is 5.67. The molecule has 1 fully saturated rings. The van der Waals surface area contributed by atoms with Gasteiger partial charge in [0.15, 0.2) is 0 Å². The van der Waals surface area contributed by atoms with Crippen molar-refractivity contribution in [1.29, 1.82) is 0 Å². The van der Waals surface area contributed by atoms with Gasteiger partial charge in [0.1, 0.15) is 11.6 Å². The first kappa shape index (κ1) is 20.0. The molecule has 0 bridgehead atoms. The molecule has 0 radical (unpaired) electrons. The molecule has 1 N–H and O–H groups in total. The fourth-order valence-corrected chi connectivity index (χ4v) is 4.02. The third kappa shape index (κ3) is 4.03. The summed E-state index contributed by atoms with van der Waals surface area (Å²) in [7, 11) is 0. The molecule has 8 nitrogen and oxygen atoms in total. The molecule has 3 heterocycles. The first-order valence-corrected chi connectivity index (χ1v) is 10.2. The van der Waals surface area contributed by atoms with Crippen LogP contribution in [0, 0.1) is 6.92 Å². The van der Waals surface area contributed by atoms with Crippen LogP contribution in [0.1, 0.15) is 41.9 Å². The van der Waals surface area contributed by atoms with E-state index in [-0.39, 0.29) is 30.2 Å². The van der Waals surface area contributed by atoms with Gasteiger partial charge in [0.25, 0.3) is 0 Å². The van der Waals surface area contributed by atoms with E-state index in [2.05, 4.69) is 10.3 Å². The molecule has 2 aliphatic rings. The maximum absolute atomic E-state index is 12.7. The lowest BCUT2D eigenvalue weighted by Gasteiger charge is -2.19. The molecule has 1 unspecified atom stereocenters. The summed E-state index contributed by atoms with van der Waals surface area (Å²) in [6.07, 6.45) is 1.08. The summed E-state index contributed by atoms with van der Waals surface area (Å²) in [5, 5.41) is 2.55. The number of rotatable bonds is 5. The van der Waals surface area contributed by atoms with Gasteiger partial charge in [-0.3, -0.25) is 19.3 Å². The van der Waals surface area contributed by atoms with Crippen LogP contribution in [0.4, 0.5) is 5.82 Å². The molecule has 0 spiro atoms. The average Bonchev–Trinajstić information content (AvgIpc) is 3.33. The Morgan fingerprint density at radius 2 is 1.97 bits per heavy atom. The van der Waals surface area contributed by atoms with E-state index in [1.807, 2.05) is 37.3 Å². The predicted molar refractivity (Wildman–Crippen MR) is 111 cm³/mol. The number of nitrogens with zero attached hydrogens (tertiary/aromatic N) is 4. The van der Waals surface area contributed by atoms with Crippen molar-refractivity contribution in [2.75, 3.05) is 24.5 Å². The SMILES string of the molecule is CC(=O)NCC(=O)N1CCC(c2nc(C)c3c(n2)N(Cc2ccccc2)C(=O)C3)C1. The molecule has 4 rings (SSSR count). The molecule has 1 saturated heterocycles. The van der Waals surface area contributed by atoms with Crippen LogP contribution in [0.15, 0.2) is 30.3 Å². The van der Waals surface area contributed by atoms with E-state index in [1.54, 1.807) is 9.80 Å². The zero-order valence-corrected chi connectivity index (χ0v) is 17.2. The van der Waals surface area contributed by atoms with Gasteiger partial charge in [-0.05, 0) is 18.9 Å². The van der Waals surface area contributed by atoms with E-state index in [1.165, 1.54) is 6.92 Å². The van der Waals surface area contributed by atoms with E-state index >= 15 is 0 Å². The van der Waals surface area contributed by atoms with Crippen LogP contribution in [0.25, 0.3) is 0 Å².